The number of oxime groups is 1. The minimum absolute atomic E-state index is 0.699. The van der Waals surface area contributed by atoms with Crippen LogP contribution in [0.1, 0.15) is 44.1 Å². The summed E-state index contributed by atoms with van der Waals surface area (Å²) in [6, 6.07) is 7.66. The van der Waals surface area contributed by atoms with Crippen molar-refractivity contribution in [2.75, 3.05) is 7.11 Å². The zero-order chi connectivity index (χ0) is 13.5. The Morgan fingerprint density at radius 2 is 1.84 bits per heavy atom. The van der Waals surface area contributed by atoms with Crippen LogP contribution in [0.15, 0.2) is 41.1 Å². The van der Waals surface area contributed by atoms with Gasteiger partial charge in [0, 0.05) is 5.56 Å². The van der Waals surface area contributed by atoms with Gasteiger partial charge < -0.3 is 9.94 Å². The number of allylic oxidation sites excluding steroid dienone is 2. The van der Waals surface area contributed by atoms with Crippen molar-refractivity contribution in [3.8, 4) is 5.75 Å². The third-order valence-corrected chi connectivity index (χ3v) is 3.56. The molecule has 0 amide bonds. The maximum Gasteiger partial charge on any atom is 0.118 e. The van der Waals surface area contributed by atoms with Crippen LogP contribution in [0.3, 0.4) is 0 Å². The van der Waals surface area contributed by atoms with Gasteiger partial charge in [-0.2, -0.15) is 0 Å². The van der Waals surface area contributed by atoms with E-state index in [-0.39, 0.29) is 0 Å². The molecule has 0 saturated heterocycles. The Labute approximate surface area is 114 Å². The molecular formula is C16H21NO2. The van der Waals surface area contributed by atoms with E-state index in [0.29, 0.717) is 5.71 Å². The molecule has 1 aliphatic carbocycles. The lowest BCUT2D eigenvalue weighted by atomic mass is 9.93. The Kier molecular flexibility index (Phi) is 5.01. The van der Waals surface area contributed by atoms with Crippen LogP contribution < -0.4 is 4.74 Å². The van der Waals surface area contributed by atoms with Gasteiger partial charge in [0.15, 0.2) is 0 Å². The molecule has 19 heavy (non-hydrogen) atoms. The SMILES string of the molecule is COc1ccc(C(=NO)/C2=C/CCCCCC2)cc1. The fourth-order valence-corrected chi connectivity index (χ4v) is 2.46. The second-order valence-electron chi connectivity index (χ2n) is 4.86. The first-order valence-electron chi connectivity index (χ1n) is 6.91. The summed E-state index contributed by atoms with van der Waals surface area (Å²) in [7, 11) is 1.65. The molecule has 1 aliphatic rings. The first kappa shape index (κ1) is 13.7. The highest BCUT2D eigenvalue weighted by Gasteiger charge is 2.12. The van der Waals surface area contributed by atoms with Gasteiger partial charge in [-0.25, -0.2) is 0 Å². The van der Waals surface area contributed by atoms with Crippen LogP contribution in [0.5, 0.6) is 5.75 Å². The van der Waals surface area contributed by atoms with Crippen molar-refractivity contribution >= 4 is 5.71 Å². The molecule has 3 nitrogen and oxygen atoms in total. The van der Waals surface area contributed by atoms with Gasteiger partial charge in [0.2, 0.25) is 0 Å². The summed E-state index contributed by atoms with van der Waals surface area (Å²) in [5.74, 6) is 0.813. The zero-order valence-electron chi connectivity index (χ0n) is 11.4. The van der Waals surface area contributed by atoms with Gasteiger partial charge in [0.1, 0.15) is 11.5 Å². The lowest BCUT2D eigenvalue weighted by Crippen LogP contribution is -2.07. The van der Waals surface area contributed by atoms with E-state index in [2.05, 4.69) is 11.2 Å². The standard InChI is InChI=1S/C16H21NO2/c1-19-15-11-9-14(10-12-15)16(17-18)13-7-5-3-2-4-6-8-13/h7,9-12,18H,2-6,8H2,1H3/b13-7+,17-16?. The first-order chi connectivity index (χ1) is 9.35. The number of benzene rings is 1. The third kappa shape index (κ3) is 3.60. The van der Waals surface area contributed by atoms with Gasteiger partial charge in [-0.1, -0.05) is 24.1 Å². The third-order valence-electron chi connectivity index (χ3n) is 3.56. The van der Waals surface area contributed by atoms with Crippen molar-refractivity contribution in [3.05, 3.63) is 41.5 Å². The summed E-state index contributed by atoms with van der Waals surface area (Å²) >= 11 is 0. The van der Waals surface area contributed by atoms with Gasteiger partial charge in [-0.15, -0.1) is 0 Å². The maximum absolute atomic E-state index is 9.34. The predicted molar refractivity (Wildman–Crippen MR) is 77.1 cm³/mol. The molecule has 0 bridgehead atoms. The van der Waals surface area contributed by atoms with E-state index >= 15 is 0 Å². The normalized spacial score (nSPS) is 20.1. The van der Waals surface area contributed by atoms with Crippen LogP contribution in [0, 0.1) is 0 Å². The fourth-order valence-electron chi connectivity index (χ4n) is 2.46. The van der Waals surface area contributed by atoms with E-state index in [0.717, 1.165) is 29.7 Å². The lowest BCUT2D eigenvalue weighted by Gasteiger charge is -2.13. The van der Waals surface area contributed by atoms with Gasteiger partial charge in [0.25, 0.3) is 0 Å². The predicted octanol–water partition coefficient (Wildman–Crippen LogP) is 4.15. The summed E-state index contributed by atoms with van der Waals surface area (Å²) < 4.78 is 5.15. The van der Waals surface area contributed by atoms with Gasteiger partial charge in [0.05, 0.1) is 7.11 Å². The molecule has 3 heteroatoms. The summed E-state index contributed by atoms with van der Waals surface area (Å²) in [4.78, 5) is 0. The van der Waals surface area contributed by atoms with Crippen molar-refractivity contribution in [2.24, 2.45) is 5.16 Å². The van der Waals surface area contributed by atoms with Crippen molar-refractivity contribution in [1.29, 1.82) is 0 Å². The Balaban J connectivity index is 2.22. The van der Waals surface area contributed by atoms with E-state index in [4.69, 9.17) is 4.74 Å². The zero-order valence-corrected chi connectivity index (χ0v) is 11.4. The van der Waals surface area contributed by atoms with Crippen LogP contribution >= 0.6 is 0 Å². The van der Waals surface area contributed by atoms with Crippen molar-refractivity contribution in [2.45, 2.75) is 38.5 Å². The van der Waals surface area contributed by atoms with E-state index in [1.165, 1.54) is 25.7 Å². The highest BCUT2D eigenvalue weighted by Crippen LogP contribution is 2.22. The van der Waals surface area contributed by atoms with Gasteiger partial charge in [-0.3, -0.25) is 0 Å². The molecule has 2 rings (SSSR count). The van der Waals surface area contributed by atoms with Crippen LogP contribution in [0.25, 0.3) is 0 Å². The van der Waals surface area contributed by atoms with E-state index in [1.807, 2.05) is 24.3 Å². The Morgan fingerprint density at radius 1 is 1.11 bits per heavy atom. The monoisotopic (exact) mass is 259 g/mol. The topological polar surface area (TPSA) is 41.8 Å². The van der Waals surface area contributed by atoms with Crippen LogP contribution in [0.4, 0.5) is 0 Å². The second-order valence-corrected chi connectivity index (χ2v) is 4.86. The number of ether oxygens (including phenoxy) is 1. The van der Waals surface area contributed by atoms with Crippen LogP contribution in [0.2, 0.25) is 0 Å². The van der Waals surface area contributed by atoms with Gasteiger partial charge >= 0.3 is 0 Å². The minimum atomic E-state index is 0.699. The Morgan fingerprint density at radius 3 is 2.53 bits per heavy atom. The van der Waals surface area contributed by atoms with Gasteiger partial charge in [-0.05, 0) is 55.5 Å². The molecule has 0 aliphatic heterocycles. The molecule has 0 spiro atoms. The first-order valence-corrected chi connectivity index (χ1v) is 6.91. The summed E-state index contributed by atoms with van der Waals surface area (Å²) in [6.07, 6.45) is 9.25. The van der Waals surface area contributed by atoms with E-state index < -0.39 is 0 Å². The molecule has 0 atom stereocenters. The highest BCUT2D eigenvalue weighted by molar-refractivity contribution is 6.12. The number of hydrogen-bond donors (Lipinski definition) is 1. The molecule has 1 aromatic rings. The lowest BCUT2D eigenvalue weighted by molar-refractivity contribution is 0.319. The molecule has 1 aromatic carbocycles. The second kappa shape index (κ2) is 6.98. The van der Waals surface area contributed by atoms with Crippen molar-refractivity contribution in [3.63, 3.8) is 0 Å². The minimum Gasteiger partial charge on any atom is -0.497 e. The molecule has 0 radical (unpaired) electrons. The maximum atomic E-state index is 9.34. The van der Waals surface area contributed by atoms with Crippen LogP contribution in [-0.4, -0.2) is 18.0 Å². The smallest absolute Gasteiger partial charge is 0.118 e. The number of hydrogen-bond acceptors (Lipinski definition) is 3. The number of rotatable bonds is 3. The number of nitrogens with zero attached hydrogens (tertiary/aromatic N) is 1. The molecule has 0 aromatic heterocycles. The van der Waals surface area contributed by atoms with Crippen LogP contribution in [-0.2, 0) is 0 Å². The Hall–Kier alpha value is -1.77. The molecule has 0 saturated carbocycles. The molecule has 0 unspecified atom stereocenters. The summed E-state index contributed by atoms with van der Waals surface area (Å²) in [5, 5.41) is 12.9. The molecule has 102 valence electrons. The highest BCUT2D eigenvalue weighted by atomic mass is 16.5. The average molecular weight is 259 g/mol. The number of methoxy groups -OCH3 is 1. The quantitative estimate of drug-likeness (QED) is 0.503. The average Bonchev–Trinajstić information content (AvgIpc) is 2.42. The fraction of sp³-hybridized carbons (Fsp3) is 0.438. The largest absolute Gasteiger partial charge is 0.497 e. The Bertz CT molecular complexity index is 460. The molecule has 0 heterocycles. The van der Waals surface area contributed by atoms with Crippen molar-refractivity contribution < 1.29 is 9.94 Å². The summed E-state index contributed by atoms with van der Waals surface area (Å²) in [6.45, 7) is 0. The van der Waals surface area contributed by atoms with E-state index in [9.17, 15) is 5.21 Å². The molecular weight excluding hydrogens is 238 g/mol. The molecule has 0 fully saturated rings. The van der Waals surface area contributed by atoms with E-state index in [1.54, 1.807) is 7.11 Å². The molecule has 1 N–H and O–H groups in total. The summed E-state index contributed by atoms with van der Waals surface area (Å²) in [5.41, 5.74) is 2.80. The van der Waals surface area contributed by atoms with Crippen molar-refractivity contribution in [1.82, 2.24) is 0 Å².